The minimum absolute atomic E-state index is 0.0660. The van der Waals surface area contributed by atoms with E-state index in [1.165, 1.54) is 6.20 Å². The quantitative estimate of drug-likeness (QED) is 0.369. The number of ether oxygens (including phenoxy) is 2. The fraction of sp³-hybridized carbons (Fsp3) is 0.200. The van der Waals surface area contributed by atoms with Gasteiger partial charge in [0.2, 0.25) is 0 Å². The molecule has 0 aliphatic heterocycles. The molecule has 0 atom stereocenters. The molecule has 0 aliphatic carbocycles. The molecule has 0 bridgehead atoms. The van der Waals surface area contributed by atoms with Crippen LogP contribution in [0.1, 0.15) is 19.0 Å². The van der Waals surface area contributed by atoms with Crippen LogP contribution < -0.4 is 15.2 Å². The van der Waals surface area contributed by atoms with Gasteiger partial charge in [-0.25, -0.2) is 0 Å². The fourth-order valence-corrected chi connectivity index (χ4v) is 1.63. The van der Waals surface area contributed by atoms with Crippen LogP contribution in [-0.4, -0.2) is 22.6 Å². The fourth-order valence-electron chi connectivity index (χ4n) is 1.63. The molecule has 0 amide bonds. The molecule has 1 heterocycles. The molecular formula is C15H17N3O3. The Labute approximate surface area is 122 Å². The number of amidine groups is 1. The molecule has 0 saturated carbocycles. The zero-order valence-electron chi connectivity index (χ0n) is 11.7. The summed E-state index contributed by atoms with van der Waals surface area (Å²) in [5.41, 5.74) is 5.83. The molecular weight excluding hydrogens is 270 g/mol. The third-order valence-corrected chi connectivity index (χ3v) is 2.63. The summed E-state index contributed by atoms with van der Waals surface area (Å²) in [5, 5.41) is 11.5. The summed E-state index contributed by atoms with van der Waals surface area (Å²) in [6.45, 7) is 2.74. The first-order chi connectivity index (χ1) is 10.2. The van der Waals surface area contributed by atoms with Crippen molar-refractivity contribution in [3.63, 3.8) is 0 Å². The second-order valence-electron chi connectivity index (χ2n) is 4.28. The molecule has 0 unspecified atom stereocenters. The van der Waals surface area contributed by atoms with Crippen molar-refractivity contribution < 1.29 is 14.7 Å². The molecule has 6 heteroatoms. The van der Waals surface area contributed by atoms with Crippen LogP contribution in [0.15, 0.2) is 47.8 Å². The number of benzene rings is 1. The van der Waals surface area contributed by atoms with E-state index in [1.807, 2.05) is 24.3 Å². The first-order valence-electron chi connectivity index (χ1n) is 6.57. The highest BCUT2D eigenvalue weighted by atomic mass is 16.5. The van der Waals surface area contributed by atoms with E-state index in [-0.39, 0.29) is 5.84 Å². The summed E-state index contributed by atoms with van der Waals surface area (Å²) in [4.78, 5) is 3.98. The van der Waals surface area contributed by atoms with E-state index < -0.39 is 0 Å². The monoisotopic (exact) mass is 287 g/mol. The molecule has 0 fully saturated rings. The molecule has 0 radical (unpaired) electrons. The predicted molar refractivity (Wildman–Crippen MR) is 79.0 cm³/mol. The van der Waals surface area contributed by atoms with Crippen molar-refractivity contribution in [2.45, 2.75) is 13.3 Å². The van der Waals surface area contributed by atoms with Crippen LogP contribution in [0, 0.1) is 0 Å². The highest BCUT2D eigenvalue weighted by Crippen LogP contribution is 2.24. The van der Waals surface area contributed by atoms with Gasteiger partial charge >= 0.3 is 0 Å². The van der Waals surface area contributed by atoms with Crippen LogP contribution in [0.25, 0.3) is 0 Å². The van der Waals surface area contributed by atoms with Gasteiger partial charge in [-0.05, 0) is 36.8 Å². The SMILES string of the molecule is CCCOc1ccc(Oc2ccnc(C(N)=NO)c2)cc1. The van der Waals surface area contributed by atoms with Crippen LogP contribution in [0.5, 0.6) is 17.2 Å². The van der Waals surface area contributed by atoms with Gasteiger partial charge in [-0.15, -0.1) is 0 Å². The van der Waals surface area contributed by atoms with Crippen molar-refractivity contribution in [1.82, 2.24) is 4.98 Å². The summed E-state index contributed by atoms with van der Waals surface area (Å²) >= 11 is 0. The number of aromatic nitrogens is 1. The van der Waals surface area contributed by atoms with Crippen LogP contribution in [0.3, 0.4) is 0 Å². The van der Waals surface area contributed by atoms with Crippen LogP contribution >= 0.6 is 0 Å². The first-order valence-corrected chi connectivity index (χ1v) is 6.57. The van der Waals surface area contributed by atoms with Gasteiger partial charge in [0, 0.05) is 12.3 Å². The lowest BCUT2D eigenvalue weighted by Crippen LogP contribution is -2.14. The van der Waals surface area contributed by atoms with E-state index >= 15 is 0 Å². The maximum absolute atomic E-state index is 8.64. The molecule has 0 aliphatic rings. The Morgan fingerprint density at radius 3 is 2.57 bits per heavy atom. The molecule has 2 aromatic rings. The Morgan fingerprint density at radius 1 is 1.19 bits per heavy atom. The summed E-state index contributed by atoms with van der Waals surface area (Å²) in [5.74, 6) is 1.95. The van der Waals surface area contributed by atoms with E-state index in [0.29, 0.717) is 23.8 Å². The van der Waals surface area contributed by atoms with E-state index in [2.05, 4.69) is 17.1 Å². The Balaban J connectivity index is 2.07. The van der Waals surface area contributed by atoms with E-state index in [4.69, 9.17) is 20.4 Å². The Bertz CT molecular complexity index is 612. The van der Waals surface area contributed by atoms with Gasteiger partial charge in [-0.1, -0.05) is 12.1 Å². The van der Waals surface area contributed by atoms with Crippen LogP contribution in [0.4, 0.5) is 0 Å². The second kappa shape index (κ2) is 7.14. The van der Waals surface area contributed by atoms with E-state index in [0.717, 1.165) is 12.2 Å². The van der Waals surface area contributed by atoms with Crippen molar-refractivity contribution in [3.8, 4) is 17.2 Å². The first kappa shape index (κ1) is 14.6. The number of nitrogens with zero attached hydrogens (tertiary/aromatic N) is 2. The van der Waals surface area contributed by atoms with E-state index in [1.54, 1.807) is 12.1 Å². The standard InChI is InChI=1S/C15H17N3O3/c1-2-9-20-11-3-5-12(6-4-11)21-13-7-8-17-14(10-13)15(16)18-19/h3-8,10,19H,2,9H2,1H3,(H2,16,18). The Kier molecular flexibility index (Phi) is 4.98. The van der Waals surface area contributed by atoms with Crippen molar-refractivity contribution >= 4 is 5.84 Å². The molecule has 1 aromatic heterocycles. The number of pyridine rings is 1. The van der Waals surface area contributed by atoms with Crippen LogP contribution in [-0.2, 0) is 0 Å². The topological polar surface area (TPSA) is 90.0 Å². The number of rotatable bonds is 6. The molecule has 1 aromatic carbocycles. The molecule has 6 nitrogen and oxygen atoms in total. The zero-order chi connectivity index (χ0) is 15.1. The third kappa shape index (κ3) is 4.10. The van der Waals surface area contributed by atoms with Gasteiger partial charge in [-0.3, -0.25) is 4.98 Å². The van der Waals surface area contributed by atoms with Crippen LogP contribution in [0.2, 0.25) is 0 Å². The Morgan fingerprint density at radius 2 is 1.90 bits per heavy atom. The van der Waals surface area contributed by atoms with Crippen molar-refractivity contribution in [2.75, 3.05) is 6.61 Å². The maximum atomic E-state index is 8.64. The lowest BCUT2D eigenvalue weighted by Gasteiger charge is -2.08. The van der Waals surface area contributed by atoms with Crippen molar-refractivity contribution in [1.29, 1.82) is 0 Å². The lowest BCUT2D eigenvalue weighted by molar-refractivity contribution is 0.317. The minimum Gasteiger partial charge on any atom is -0.494 e. The molecule has 0 spiro atoms. The van der Waals surface area contributed by atoms with Gasteiger partial charge in [0.1, 0.15) is 22.9 Å². The van der Waals surface area contributed by atoms with Gasteiger partial charge < -0.3 is 20.4 Å². The molecule has 3 N–H and O–H groups in total. The smallest absolute Gasteiger partial charge is 0.188 e. The Hall–Kier alpha value is -2.76. The average Bonchev–Trinajstić information content (AvgIpc) is 2.53. The van der Waals surface area contributed by atoms with Crippen molar-refractivity contribution in [2.24, 2.45) is 10.9 Å². The van der Waals surface area contributed by atoms with Gasteiger partial charge in [0.25, 0.3) is 0 Å². The van der Waals surface area contributed by atoms with Gasteiger partial charge in [-0.2, -0.15) is 0 Å². The summed E-state index contributed by atoms with van der Waals surface area (Å²) in [6, 6.07) is 10.6. The summed E-state index contributed by atoms with van der Waals surface area (Å²) in [6.07, 6.45) is 2.49. The molecule has 2 rings (SSSR count). The molecule has 0 saturated heterocycles. The maximum Gasteiger partial charge on any atom is 0.188 e. The van der Waals surface area contributed by atoms with Crippen molar-refractivity contribution in [3.05, 3.63) is 48.3 Å². The number of hydrogen-bond acceptors (Lipinski definition) is 5. The number of hydrogen-bond donors (Lipinski definition) is 2. The lowest BCUT2D eigenvalue weighted by atomic mass is 10.3. The zero-order valence-corrected chi connectivity index (χ0v) is 11.7. The summed E-state index contributed by atoms with van der Waals surface area (Å²) in [7, 11) is 0. The predicted octanol–water partition coefficient (Wildman–Crippen LogP) is 2.76. The minimum atomic E-state index is -0.0660. The third-order valence-electron chi connectivity index (χ3n) is 2.63. The molecule has 21 heavy (non-hydrogen) atoms. The normalized spacial score (nSPS) is 11.2. The van der Waals surface area contributed by atoms with Gasteiger partial charge in [0.05, 0.1) is 6.61 Å². The molecule has 110 valence electrons. The second-order valence-corrected chi connectivity index (χ2v) is 4.28. The largest absolute Gasteiger partial charge is 0.494 e. The highest BCUT2D eigenvalue weighted by molar-refractivity contribution is 5.95. The van der Waals surface area contributed by atoms with E-state index in [9.17, 15) is 0 Å². The highest BCUT2D eigenvalue weighted by Gasteiger charge is 2.04. The van der Waals surface area contributed by atoms with Gasteiger partial charge in [0.15, 0.2) is 5.84 Å². The number of oxime groups is 1. The average molecular weight is 287 g/mol. The number of nitrogens with two attached hydrogens (primary N) is 1. The summed E-state index contributed by atoms with van der Waals surface area (Å²) < 4.78 is 11.2.